The molecule has 0 spiro atoms. The molecule has 0 saturated heterocycles. The topological polar surface area (TPSA) is 124 Å². The molecule has 0 unspecified atom stereocenters. The van der Waals surface area contributed by atoms with Crippen LogP contribution in [0.5, 0.6) is 0 Å². The van der Waals surface area contributed by atoms with Crippen LogP contribution < -0.4 is 0 Å². The van der Waals surface area contributed by atoms with Crippen molar-refractivity contribution in [3.8, 4) is 0 Å². The summed E-state index contributed by atoms with van der Waals surface area (Å²) >= 11 is 0. The van der Waals surface area contributed by atoms with Crippen molar-refractivity contribution in [1.82, 2.24) is 0 Å². The van der Waals surface area contributed by atoms with Gasteiger partial charge in [0.1, 0.15) is 16.8 Å². The van der Waals surface area contributed by atoms with Gasteiger partial charge in [-0.05, 0) is 74.4 Å². The summed E-state index contributed by atoms with van der Waals surface area (Å²) in [6.45, 7) is 14.7. The maximum absolute atomic E-state index is 13.3. The summed E-state index contributed by atoms with van der Waals surface area (Å²) in [5.41, 5.74) is -4.07. The second-order valence-corrected chi connectivity index (χ2v) is 11.3. The molecule has 0 aromatic heterocycles. The van der Waals surface area contributed by atoms with Crippen LogP contribution in [0.3, 0.4) is 0 Å². The highest BCUT2D eigenvalue weighted by Crippen LogP contribution is 2.26. The molecule has 0 radical (unpaired) electrons. The molecule has 206 valence electrons. The van der Waals surface area contributed by atoms with Gasteiger partial charge in [-0.1, -0.05) is 30.3 Å². The number of rotatable bonds is 8. The molecule has 10 heteroatoms. The van der Waals surface area contributed by atoms with Crippen LogP contribution in [0, 0.1) is 0 Å². The van der Waals surface area contributed by atoms with Gasteiger partial charge in [0.2, 0.25) is 0 Å². The molecule has 0 saturated carbocycles. The molecule has 2 rings (SSSR count). The van der Waals surface area contributed by atoms with Gasteiger partial charge in [0.25, 0.3) is 0 Å². The van der Waals surface area contributed by atoms with Crippen molar-refractivity contribution in [3.05, 3.63) is 70.3 Å². The van der Waals surface area contributed by atoms with E-state index in [0.717, 1.165) is 12.1 Å². The molecule has 0 heterocycles. The standard InChI is InChI=1S/C28H34O10/c1-26(2,3)36-33-23(30)19-15-18(22(29)17-13-11-10-12-14-17)16-20(24(31)34-37-27(4,5)6)21(19)25(32)35-38-28(7,8)9/h10-16H,1-9H3. The van der Waals surface area contributed by atoms with Gasteiger partial charge in [0.15, 0.2) is 5.78 Å². The quantitative estimate of drug-likeness (QED) is 0.243. The van der Waals surface area contributed by atoms with Crippen molar-refractivity contribution in [2.24, 2.45) is 0 Å². The minimum absolute atomic E-state index is 0.102. The van der Waals surface area contributed by atoms with E-state index >= 15 is 0 Å². The van der Waals surface area contributed by atoms with Gasteiger partial charge in [-0.2, -0.15) is 14.7 Å². The number of benzene rings is 2. The Kier molecular flexibility index (Phi) is 9.55. The fourth-order valence-electron chi connectivity index (χ4n) is 2.69. The Labute approximate surface area is 221 Å². The van der Waals surface area contributed by atoms with E-state index in [0.29, 0.717) is 0 Å². The molecule has 38 heavy (non-hydrogen) atoms. The Hall–Kier alpha value is -3.60. The Morgan fingerprint density at radius 2 is 0.895 bits per heavy atom. The van der Waals surface area contributed by atoms with Crippen LogP contribution in [0.1, 0.15) is 109 Å². The molecule has 2 aromatic rings. The number of hydrogen-bond acceptors (Lipinski definition) is 10. The van der Waals surface area contributed by atoms with Crippen molar-refractivity contribution in [3.63, 3.8) is 0 Å². The smallest absolute Gasteiger partial charge is 0.292 e. The average molecular weight is 531 g/mol. The van der Waals surface area contributed by atoms with E-state index in [2.05, 4.69) is 0 Å². The second kappa shape index (κ2) is 11.8. The minimum Gasteiger partial charge on any atom is -0.292 e. The summed E-state index contributed by atoms with van der Waals surface area (Å²) in [5.74, 6) is -4.05. The van der Waals surface area contributed by atoms with E-state index < -0.39 is 57.2 Å². The van der Waals surface area contributed by atoms with Gasteiger partial charge in [-0.25, -0.2) is 14.4 Å². The largest absolute Gasteiger partial charge is 0.374 e. The van der Waals surface area contributed by atoms with Crippen LogP contribution in [0.25, 0.3) is 0 Å². The van der Waals surface area contributed by atoms with Gasteiger partial charge >= 0.3 is 17.9 Å². The van der Waals surface area contributed by atoms with Crippen LogP contribution >= 0.6 is 0 Å². The van der Waals surface area contributed by atoms with Crippen molar-refractivity contribution in [1.29, 1.82) is 0 Å². The first-order valence-corrected chi connectivity index (χ1v) is 11.9. The highest BCUT2D eigenvalue weighted by Gasteiger charge is 2.33. The molecule has 0 atom stereocenters. The molecule has 0 bridgehead atoms. The summed E-state index contributed by atoms with van der Waals surface area (Å²) in [6.07, 6.45) is 0. The van der Waals surface area contributed by atoms with Gasteiger partial charge in [0, 0.05) is 11.1 Å². The predicted molar refractivity (Wildman–Crippen MR) is 135 cm³/mol. The third-order valence-electron chi connectivity index (χ3n) is 4.18. The van der Waals surface area contributed by atoms with Crippen LogP contribution in [0.4, 0.5) is 0 Å². The SMILES string of the molecule is CC(C)(C)OOC(=O)c1cc(C(=O)c2ccccc2)cc(C(=O)OOC(C)(C)C)c1C(=O)OOC(C)(C)C. The lowest BCUT2D eigenvalue weighted by Crippen LogP contribution is -2.28. The lowest BCUT2D eigenvalue weighted by Gasteiger charge is -2.20. The molecular formula is C28H34O10. The molecular weight excluding hydrogens is 496 g/mol. The van der Waals surface area contributed by atoms with Crippen molar-refractivity contribution >= 4 is 23.7 Å². The first-order chi connectivity index (χ1) is 17.4. The van der Waals surface area contributed by atoms with Crippen LogP contribution in [-0.2, 0) is 29.3 Å². The van der Waals surface area contributed by atoms with Crippen LogP contribution in [0.15, 0.2) is 42.5 Å². The number of carbonyl (C=O) groups is 4. The third-order valence-corrected chi connectivity index (χ3v) is 4.18. The monoisotopic (exact) mass is 530 g/mol. The fraction of sp³-hybridized carbons (Fsp3) is 0.429. The summed E-state index contributed by atoms with van der Waals surface area (Å²) in [5, 5.41) is 0. The summed E-state index contributed by atoms with van der Waals surface area (Å²) in [6, 6.07) is 10.4. The molecule has 0 aliphatic heterocycles. The summed E-state index contributed by atoms with van der Waals surface area (Å²) in [4.78, 5) is 82.8. The Morgan fingerprint density at radius 1 is 0.526 bits per heavy atom. The average Bonchev–Trinajstić information content (AvgIpc) is 2.82. The highest BCUT2D eigenvalue weighted by atomic mass is 17.2. The molecule has 0 aliphatic rings. The van der Waals surface area contributed by atoms with E-state index in [4.69, 9.17) is 29.3 Å². The van der Waals surface area contributed by atoms with Gasteiger partial charge in [-0.3, -0.25) is 19.5 Å². The normalized spacial score (nSPS) is 12.0. The molecule has 0 fully saturated rings. The van der Waals surface area contributed by atoms with Gasteiger partial charge in [0.05, 0.1) is 16.7 Å². The third kappa shape index (κ3) is 9.37. The lowest BCUT2D eigenvalue weighted by molar-refractivity contribution is -0.303. The van der Waals surface area contributed by atoms with Crippen molar-refractivity contribution in [2.75, 3.05) is 0 Å². The highest BCUT2D eigenvalue weighted by molar-refractivity contribution is 6.15. The fourth-order valence-corrected chi connectivity index (χ4v) is 2.69. The summed E-state index contributed by atoms with van der Waals surface area (Å²) in [7, 11) is 0. The predicted octanol–water partition coefficient (Wildman–Crippen LogP) is 5.58. The van der Waals surface area contributed by atoms with E-state index in [1.54, 1.807) is 92.6 Å². The number of ketones is 1. The zero-order valence-electron chi connectivity index (χ0n) is 23.1. The molecule has 2 aromatic carbocycles. The maximum atomic E-state index is 13.3. The Bertz CT molecular complexity index is 1130. The van der Waals surface area contributed by atoms with Crippen molar-refractivity contribution < 1.29 is 48.5 Å². The molecule has 0 aliphatic carbocycles. The van der Waals surface area contributed by atoms with E-state index in [1.165, 1.54) is 0 Å². The zero-order valence-corrected chi connectivity index (χ0v) is 23.1. The van der Waals surface area contributed by atoms with Crippen LogP contribution in [-0.4, -0.2) is 40.5 Å². The van der Waals surface area contributed by atoms with E-state index in [-0.39, 0.29) is 11.1 Å². The van der Waals surface area contributed by atoms with Crippen LogP contribution in [0.2, 0.25) is 0 Å². The number of hydrogen-bond donors (Lipinski definition) is 0. The summed E-state index contributed by atoms with van der Waals surface area (Å²) < 4.78 is 0. The van der Waals surface area contributed by atoms with Crippen molar-refractivity contribution in [2.45, 2.75) is 79.1 Å². The lowest BCUT2D eigenvalue weighted by atomic mass is 9.93. The number of carbonyl (C=O) groups excluding carboxylic acids is 4. The zero-order chi connectivity index (χ0) is 28.9. The Morgan fingerprint density at radius 3 is 1.26 bits per heavy atom. The minimum atomic E-state index is -1.20. The van der Waals surface area contributed by atoms with E-state index in [9.17, 15) is 19.2 Å². The van der Waals surface area contributed by atoms with E-state index in [1.807, 2.05) is 0 Å². The molecule has 10 nitrogen and oxygen atoms in total. The van der Waals surface area contributed by atoms with Gasteiger partial charge in [-0.15, -0.1) is 0 Å². The molecule has 0 N–H and O–H groups in total. The first kappa shape index (κ1) is 30.6. The van der Waals surface area contributed by atoms with Gasteiger partial charge < -0.3 is 0 Å². The Balaban J connectivity index is 2.73. The second-order valence-electron chi connectivity index (χ2n) is 11.3. The molecule has 0 amide bonds. The maximum Gasteiger partial charge on any atom is 0.374 e. The first-order valence-electron chi connectivity index (χ1n) is 11.9.